The second-order valence-electron chi connectivity index (χ2n) is 4.37. The number of thiazole rings is 1. The lowest BCUT2D eigenvalue weighted by Crippen LogP contribution is -2.20. The minimum Gasteiger partial charge on any atom is -0.351 e. The van der Waals surface area contributed by atoms with Crippen molar-refractivity contribution in [3.8, 4) is 0 Å². The molecule has 96 valence electrons. The molecule has 2 aromatic heterocycles. The van der Waals surface area contributed by atoms with Crippen LogP contribution in [0.25, 0.3) is 0 Å². The number of aromatic nitrogens is 2. The fraction of sp³-hybridized carbons (Fsp3) is 0.385. The van der Waals surface area contributed by atoms with Gasteiger partial charge in [-0.15, -0.1) is 11.3 Å². The van der Waals surface area contributed by atoms with Crippen molar-refractivity contribution in [2.45, 2.75) is 19.4 Å². The van der Waals surface area contributed by atoms with E-state index >= 15 is 0 Å². The number of pyridine rings is 1. The van der Waals surface area contributed by atoms with E-state index in [2.05, 4.69) is 21.9 Å². The molecule has 0 saturated heterocycles. The van der Waals surface area contributed by atoms with Gasteiger partial charge in [-0.3, -0.25) is 4.98 Å². The number of nitrogens with zero attached hydrogens (tertiary/aromatic N) is 3. The van der Waals surface area contributed by atoms with Crippen LogP contribution in [0.3, 0.4) is 0 Å². The van der Waals surface area contributed by atoms with E-state index in [1.807, 2.05) is 36.8 Å². The summed E-state index contributed by atoms with van der Waals surface area (Å²) in [7, 11) is 2.06. The van der Waals surface area contributed by atoms with Gasteiger partial charge < -0.3 is 10.6 Å². The van der Waals surface area contributed by atoms with E-state index in [0.29, 0.717) is 0 Å². The van der Waals surface area contributed by atoms with Crippen LogP contribution in [0.1, 0.15) is 24.2 Å². The minimum absolute atomic E-state index is 0.00333. The highest BCUT2D eigenvalue weighted by Crippen LogP contribution is 2.22. The van der Waals surface area contributed by atoms with Crippen LogP contribution in [0, 0.1) is 0 Å². The third-order valence-corrected chi connectivity index (χ3v) is 3.76. The van der Waals surface area contributed by atoms with Crippen LogP contribution in [-0.2, 0) is 6.42 Å². The normalized spacial score (nSPS) is 12.4. The molecule has 0 aromatic carbocycles. The van der Waals surface area contributed by atoms with Crippen molar-refractivity contribution in [3.63, 3.8) is 0 Å². The van der Waals surface area contributed by atoms with Gasteiger partial charge in [0, 0.05) is 37.4 Å². The molecule has 4 nitrogen and oxygen atoms in total. The Bertz CT molecular complexity index is 481. The third kappa shape index (κ3) is 3.27. The first-order chi connectivity index (χ1) is 8.66. The molecule has 0 bridgehead atoms. The maximum atomic E-state index is 5.81. The molecule has 18 heavy (non-hydrogen) atoms. The summed E-state index contributed by atoms with van der Waals surface area (Å²) in [6.45, 7) is 2.89. The lowest BCUT2D eigenvalue weighted by atomic mass is 10.2. The van der Waals surface area contributed by atoms with E-state index in [1.54, 1.807) is 11.3 Å². The van der Waals surface area contributed by atoms with Crippen molar-refractivity contribution in [1.29, 1.82) is 0 Å². The van der Waals surface area contributed by atoms with Crippen molar-refractivity contribution in [2.24, 2.45) is 5.73 Å². The van der Waals surface area contributed by atoms with E-state index in [1.165, 1.54) is 5.56 Å². The molecule has 0 spiro atoms. The molecule has 0 aliphatic rings. The Labute approximate surface area is 111 Å². The minimum atomic E-state index is 0.00333. The number of likely N-dealkylation sites (N-methyl/N-ethyl adjacent to an activating group) is 1. The van der Waals surface area contributed by atoms with Crippen LogP contribution in [-0.4, -0.2) is 23.6 Å². The van der Waals surface area contributed by atoms with Crippen LogP contribution in [0.5, 0.6) is 0 Å². The van der Waals surface area contributed by atoms with Gasteiger partial charge >= 0.3 is 0 Å². The largest absolute Gasteiger partial charge is 0.351 e. The molecule has 5 heteroatoms. The summed E-state index contributed by atoms with van der Waals surface area (Å²) in [4.78, 5) is 10.7. The fourth-order valence-electron chi connectivity index (χ4n) is 1.60. The lowest BCUT2D eigenvalue weighted by Gasteiger charge is -2.15. The van der Waals surface area contributed by atoms with Crippen molar-refractivity contribution in [3.05, 3.63) is 41.2 Å². The van der Waals surface area contributed by atoms with Crippen LogP contribution in [0.2, 0.25) is 0 Å². The Morgan fingerprint density at radius 2 is 2.11 bits per heavy atom. The summed E-state index contributed by atoms with van der Waals surface area (Å²) in [5, 5.41) is 3.06. The van der Waals surface area contributed by atoms with Crippen LogP contribution >= 0.6 is 11.3 Å². The number of nitrogens with two attached hydrogens (primary N) is 1. The van der Waals surface area contributed by atoms with Crippen LogP contribution in [0.15, 0.2) is 29.9 Å². The Morgan fingerprint density at radius 1 is 1.39 bits per heavy atom. The van der Waals surface area contributed by atoms with Gasteiger partial charge in [0.2, 0.25) is 0 Å². The predicted octanol–water partition coefficient (Wildman–Crippen LogP) is 2.24. The van der Waals surface area contributed by atoms with E-state index in [-0.39, 0.29) is 6.04 Å². The fourth-order valence-corrected chi connectivity index (χ4v) is 2.53. The molecular weight excluding hydrogens is 244 g/mol. The van der Waals surface area contributed by atoms with E-state index < -0.39 is 0 Å². The van der Waals surface area contributed by atoms with Crippen LogP contribution in [0.4, 0.5) is 5.13 Å². The molecule has 2 rings (SSSR count). The van der Waals surface area contributed by atoms with Gasteiger partial charge in [-0.25, -0.2) is 4.98 Å². The van der Waals surface area contributed by atoms with Gasteiger partial charge in [-0.05, 0) is 31.0 Å². The van der Waals surface area contributed by atoms with E-state index in [0.717, 1.165) is 23.8 Å². The van der Waals surface area contributed by atoms with Crippen molar-refractivity contribution in [2.75, 3.05) is 18.5 Å². The molecule has 0 aliphatic heterocycles. The summed E-state index contributed by atoms with van der Waals surface area (Å²) >= 11 is 1.64. The molecule has 1 atom stereocenters. The van der Waals surface area contributed by atoms with Crippen LogP contribution < -0.4 is 10.6 Å². The molecular formula is C13H18N4S. The Morgan fingerprint density at radius 3 is 2.72 bits per heavy atom. The summed E-state index contributed by atoms with van der Waals surface area (Å²) < 4.78 is 0. The van der Waals surface area contributed by atoms with Gasteiger partial charge in [0.15, 0.2) is 5.13 Å². The Balaban J connectivity index is 1.93. The zero-order valence-electron chi connectivity index (χ0n) is 10.7. The highest BCUT2D eigenvalue weighted by atomic mass is 32.1. The standard InChI is InChI=1S/C13H18N4S/c1-10(14)12-9-18-13(16-12)17(2)8-5-11-3-6-15-7-4-11/h3-4,6-7,9-10H,5,8,14H2,1-2H3. The maximum absolute atomic E-state index is 5.81. The second kappa shape index (κ2) is 5.93. The molecule has 0 aliphatic carbocycles. The van der Waals surface area contributed by atoms with Gasteiger partial charge in [-0.2, -0.15) is 0 Å². The molecule has 0 saturated carbocycles. The first-order valence-corrected chi connectivity index (χ1v) is 6.86. The highest BCUT2D eigenvalue weighted by Gasteiger charge is 2.09. The first-order valence-electron chi connectivity index (χ1n) is 5.98. The Hall–Kier alpha value is -1.46. The summed E-state index contributed by atoms with van der Waals surface area (Å²) in [5.74, 6) is 0. The molecule has 0 fully saturated rings. The molecule has 2 aromatic rings. The lowest BCUT2D eigenvalue weighted by molar-refractivity contribution is 0.782. The van der Waals surface area contributed by atoms with Crippen molar-refractivity contribution < 1.29 is 0 Å². The SMILES string of the molecule is CC(N)c1csc(N(C)CCc2ccncc2)n1. The monoisotopic (exact) mass is 262 g/mol. The van der Waals surface area contributed by atoms with Gasteiger partial charge in [0.1, 0.15) is 0 Å². The van der Waals surface area contributed by atoms with E-state index in [9.17, 15) is 0 Å². The average Bonchev–Trinajstić information content (AvgIpc) is 2.87. The smallest absolute Gasteiger partial charge is 0.185 e. The highest BCUT2D eigenvalue weighted by molar-refractivity contribution is 7.13. The number of anilines is 1. The van der Waals surface area contributed by atoms with Gasteiger partial charge in [-0.1, -0.05) is 0 Å². The zero-order chi connectivity index (χ0) is 13.0. The summed E-state index contributed by atoms with van der Waals surface area (Å²) in [6.07, 6.45) is 4.64. The van der Waals surface area contributed by atoms with Gasteiger partial charge in [0.05, 0.1) is 5.69 Å². The molecule has 0 amide bonds. The number of rotatable bonds is 5. The Kier molecular flexibility index (Phi) is 4.28. The molecule has 1 unspecified atom stereocenters. The maximum Gasteiger partial charge on any atom is 0.185 e. The quantitative estimate of drug-likeness (QED) is 0.898. The van der Waals surface area contributed by atoms with Crippen molar-refractivity contribution in [1.82, 2.24) is 9.97 Å². The zero-order valence-corrected chi connectivity index (χ0v) is 11.5. The molecule has 2 N–H and O–H groups in total. The molecule has 0 radical (unpaired) electrons. The van der Waals surface area contributed by atoms with Crippen molar-refractivity contribution >= 4 is 16.5 Å². The molecule has 2 heterocycles. The topological polar surface area (TPSA) is 55.0 Å². The average molecular weight is 262 g/mol. The van der Waals surface area contributed by atoms with Gasteiger partial charge in [0.25, 0.3) is 0 Å². The first kappa shape index (κ1) is 13.0. The number of hydrogen-bond acceptors (Lipinski definition) is 5. The summed E-state index contributed by atoms with van der Waals surface area (Å²) in [5.41, 5.74) is 8.07. The second-order valence-corrected chi connectivity index (χ2v) is 5.21. The summed E-state index contributed by atoms with van der Waals surface area (Å²) in [6, 6.07) is 4.09. The predicted molar refractivity (Wildman–Crippen MR) is 75.9 cm³/mol. The third-order valence-electron chi connectivity index (χ3n) is 2.79. The number of hydrogen-bond donors (Lipinski definition) is 1. The van der Waals surface area contributed by atoms with E-state index in [4.69, 9.17) is 5.73 Å².